The van der Waals surface area contributed by atoms with Crippen molar-refractivity contribution in [2.75, 3.05) is 6.61 Å². The number of hydrogen-bond acceptors (Lipinski definition) is 2. The topological polar surface area (TPSA) is 52.3 Å². The lowest BCUT2D eigenvalue weighted by Crippen LogP contribution is -2.15. The zero-order chi connectivity index (χ0) is 18.4. The summed E-state index contributed by atoms with van der Waals surface area (Å²) in [6.07, 6.45) is 12.4. The summed E-state index contributed by atoms with van der Waals surface area (Å²) in [5.74, 6) is 3.18. The highest BCUT2D eigenvalue weighted by Gasteiger charge is 2.08. The maximum Gasteiger partial charge on any atom is 0.404 e. The fraction of sp³-hybridized carbons (Fsp3) is 0.952. The Morgan fingerprint density at radius 3 is 1.46 bits per heavy atom. The summed E-state index contributed by atoms with van der Waals surface area (Å²) in [5.41, 5.74) is 4.96. The quantitative estimate of drug-likeness (QED) is 0.367. The van der Waals surface area contributed by atoms with Gasteiger partial charge in [-0.15, -0.1) is 0 Å². The number of hydrogen-bond donors (Lipinski definition) is 1. The molecule has 0 aliphatic rings. The SMILES string of the molecule is CC(C)CCC[C@@H](C)CCC[C@@H](C)CCCC(C)CCOC(N)=O. The summed E-state index contributed by atoms with van der Waals surface area (Å²) < 4.78 is 4.80. The first-order valence-corrected chi connectivity index (χ1v) is 10.2. The van der Waals surface area contributed by atoms with Crippen LogP contribution in [-0.2, 0) is 4.74 Å². The van der Waals surface area contributed by atoms with Crippen molar-refractivity contribution in [2.45, 2.75) is 98.8 Å². The van der Waals surface area contributed by atoms with Crippen LogP contribution in [0.1, 0.15) is 98.8 Å². The van der Waals surface area contributed by atoms with E-state index in [4.69, 9.17) is 10.5 Å². The average molecular weight is 342 g/mol. The van der Waals surface area contributed by atoms with Crippen LogP contribution in [0, 0.1) is 23.7 Å². The lowest BCUT2D eigenvalue weighted by molar-refractivity contribution is 0.148. The molecule has 3 nitrogen and oxygen atoms in total. The van der Waals surface area contributed by atoms with Crippen molar-refractivity contribution in [3.8, 4) is 0 Å². The number of carbonyl (C=O) groups excluding carboxylic acids is 1. The highest BCUT2D eigenvalue weighted by molar-refractivity contribution is 5.64. The van der Waals surface area contributed by atoms with Gasteiger partial charge in [0, 0.05) is 0 Å². The molecule has 0 heterocycles. The molecule has 0 spiro atoms. The van der Waals surface area contributed by atoms with Crippen molar-refractivity contribution in [2.24, 2.45) is 29.4 Å². The van der Waals surface area contributed by atoms with Gasteiger partial charge in [0.05, 0.1) is 6.61 Å². The van der Waals surface area contributed by atoms with Crippen LogP contribution < -0.4 is 5.73 Å². The van der Waals surface area contributed by atoms with Gasteiger partial charge in [-0.2, -0.15) is 0 Å². The van der Waals surface area contributed by atoms with Crippen LogP contribution in [0.15, 0.2) is 0 Å². The van der Waals surface area contributed by atoms with Crippen molar-refractivity contribution in [1.29, 1.82) is 0 Å². The Balaban J connectivity index is 3.51. The van der Waals surface area contributed by atoms with Gasteiger partial charge in [-0.05, 0) is 30.1 Å². The van der Waals surface area contributed by atoms with Gasteiger partial charge in [-0.3, -0.25) is 0 Å². The number of nitrogens with two attached hydrogens (primary N) is 1. The van der Waals surface area contributed by atoms with Gasteiger partial charge in [0.2, 0.25) is 0 Å². The van der Waals surface area contributed by atoms with E-state index in [0.717, 1.165) is 24.2 Å². The van der Waals surface area contributed by atoms with Crippen LogP contribution in [0.3, 0.4) is 0 Å². The molecule has 0 aliphatic carbocycles. The molecular weight excluding hydrogens is 298 g/mol. The minimum atomic E-state index is -0.658. The Morgan fingerprint density at radius 2 is 1.08 bits per heavy atom. The summed E-state index contributed by atoms with van der Waals surface area (Å²) in [4.78, 5) is 10.5. The Labute approximate surface area is 151 Å². The minimum absolute atomic E-state index is 0.459. The van der Waals surface area contributed by atoms with E-state index in [0.29, 0.717) is 12.5 Å². The smallest absolute Gasteiger partial charge is 0.404 e. The molecule has 0 aromatic carbocycles. The number of ether oxygens (including phenoxy) is 1. The highest BCUT2D eigenvalue weighted by Crippen LogP contribution is 2.22. The molecule has 0 bridgehead atoms. The maximum atomic E-state index is 10.5. The Morgan fingerprint density at radius 1 is 0.708 bits per heavy atom. The summed E-state index contributed by atoms with van der Waals surface area (Å²) in [7, 11) is 0. The lowest BCUT2D eigenvalue weighted by atomic mass is 9.91. The molecule has 24 heavy (non-hydrogen) atoms. The van der Waals surface area contributed by atoms with Gasteiger partial charge in [0.25, 0.3) is 0 Å². The van der Waals surface area contributed by atoms with Crippen LogP contribution in [0.2, 0.25) is 0 Å². The van der Waals surface area contributed by atoms with Gasteiger partial charge in [-0.1, -0.05) is 92.4 Å². The third-order valence-corrected chi connectivity index (χ3v) is 5.12. The molecule has 0 radical (unpaired) electrons. The third kappa shape index (κ3) is 16.1. The van der Waals surface area contributed by atoms with E-state index < -0.39 is 6.09 Å². The fourth-order valence-corrected chi connectivity index (χ4v) is 3.30. The lowest BCUT2D eigenvalue weighted by Gasteiger charge is -2.16. The molecule has 0 rings (SSSR count). The Kier molecular flexibility index (Phi) is 14.2. The van der Waals surface area contributed by atoms with Gasteiger partial charge >= 0.3 is 6.09 Å². The first-order valence-electron chi connectivity index (χ1n) is 10.2. The summed E-state index contributed by atoms with van der Waals surface area (Å²) in [6.45, 7) is 12.1. The summed E-state index contributed by atoms with van der Waals surface area (Å²) in [5, 5.41) is 0. The van der Waals surface area contributed by atoms with Crippen LogP contribution >= 0.6 is 0 Å². The van der Waals surface area contributed by atoms with Crippen LogP contribution in [0.5, 0.6) is 0 Å². The van der Waals surface area contributed by atoms with Crippen molar-refractivity contribution in [3.63, 3.8) is 0 Å². The first kappa shape index (κ1) is 23.3. The molecule has 2 N–H and O–H groups in total. The maximum absolute atomic E-state index is 10.5. The molecule has 0 aromatic rings. The summed E-state index contributed by atoms with van der Waals surface area (Å²) in [6, 6.07) is 0. The molecular formula is C21H43NO2. The second-order valence-corrected chi connectivity index (χ2v) is 8.46. The molecule has 3 atom stereocenters. The van der Waals surface area contributed by atoms with E-state index in [2.05, 4.69) is 34.6 Å². The molecule has 1 unspecified atom stereocenters. The van der Waals surface area contributed by atoms with Crippen LogP contribution in [-0.4, -0.2) is 12.7 Å². The van der Waals surface area contributed by atoms with E-state index >= 15 is 0 Å². The molecule has 1 amide bonds. The third-order valence-electron chi connectivity index (χ3n) is 5.12. The number of rotatable bonds is 15. The second kappa shape index (κ2) is 14.6. The minimum Gasteiger partial charge on any atom is -0.450 e. The Hall–Kier alpha value is -0.730. The molecule has 144 valence electrons. The number of primary amides is 1. The van der Waals surface area contributed by atoms with Gasteiger partial charge in [-0.25, -0.2) is 4.79 Å². The van der Waals surface area contributed by atoms with Crippen LogP contribution in [0.25, 0.3) is 0 Å². The summed E-state index contributed by atoms with van der Waals surface area (Å²) >= 11 is 0. The van der Waals surface area contributed by atoms with Crippen molar-refractivity contribution < 1.29 is 9.53 Å². The predicted molar refractivity (Wildman–Crippen MR) is 104 cm³/mol. The zero-order valence-electron chi connectivity index (χ0n) is 17.0. The van der Waals surface area contributed by atoms with Crippen molar-refractivity contribution in [1.82, 2.24) is 0 Å². The van der Waals surface area contributed by atoms with Gasteiger partial charge in [0.1, 0.15) is 0 Å². The van der Waals surface area contributed by atoms with E-state index in [1.165, 1.54) is 57.8 Å². The van der Waals surface area contributed by atoms with Crippen molar-refractivity contribution >= 4 is 6.09 Å². The molecule has 3 heteroatoms. The zero-order valence-corrected chi connectivity index (χ0v) is 17.0. The van der Waals surface area contributed by atoms with Crippen molar-refractivity contribution in [3.05, 3.63) is 0 Å². The van der Waals surface area contributed by atoms with E-state index in [-0.39, 0.29) is 0 Å². The normalized spacial score (nSPS) is 15.2. The predicted octanol–water partition coefficient (Wildman–Crippen LogP) is 6.55. The standard InChI is InChI=1S/C21H43NO2/c1-17(2)9-6-10-18(3)11-7-12-19(4)13-8-14-20(5)15-16-24-21(22)23/h17-20H,6-16H2,1-5H3,(H2,22,23)/t18-,19-,20?/m1/s1. The fourth-order valence-electron chi connectivity index (χ4n) is 3.30. The largest absolute Gasteiger partial charge is 0.450 e. The monoisotopic (exact) mass is 341 g/mol. The second-order valence-electron chi connectivity index (χ2n) is 8.46. The van der Waals surface area contributed by atoms with E-state index in [1.807, 2.05) is 0 Å². The van der Waals surface area contributed by atoms with E-state index in [1.54, 1.807) is 0 Å². The molecule has 0 saturated carbocycles. The average Bonchev–Trinajstić information content (AvgIpc) is 2.46. The van der Waals surface area contributed by atoms with E-state index in [9.17, 15) is 4.79 Å². The van der Waals surface area contributed by atoms with Crippen LogP contribution in [0.4, 0.5) is 4.79 Å². The van der Waals surface area contributed by atoms with Gasteiger partial charge in [0.15, 0.2) is 0 Å². The molecule has 0 aromatic heterocycles. The van der Waals surface area contributed by atoms with Gasteiger partial charge < -0.3 is 10.5 Å². The Bertz CT molecular complexity index is 304. The highest BCUT2D eigenvalue weighted by atomic mass is 16.5. The number of amides is 1. The first-order chi connectivity index (χ1) is 11.3. The molecule has 0 aliphatic heterocycles. The molecule has 0 saturated heterocycles. The number of carbonyl (C=O) groups is 1. The molecule has 0 fully saturated rings.